The second-order valence-corrected chi connectivity index (χ2v) is 11.2. The summed E-state index contributed by atoms with van der Waals surface area (Å²) in [6.07, 6.45) is 1.96. The molecular weight excluding hydrogens is 353 g/mol. The molecule has 0 N–H and O–H groups in total. The maximum atomic E-state index is 13.0. The molecule has 2 fully saturated rings. The second-order valence-electron chi connectivity index (χ2n) is 6.78. The van der Waals surface area contributed by atoms with Crippen molar-refractivity contribution in [3.05, 3.63) is 54.1 Å². The van der Waals surface area contributed by atoms with Crippen LogP contribution in [0, 0.1) is 6.92 Å². The summed E-state index contributed by atoms with van der Waals surface area (Å²) in [6.45, 7) is 2.62. The Balaban J connectivity index is 1.53. The lowest BCUT2D eigenvalue weighted by molar-refractivity contribution is 0.408. The number of sulfonamides is 1. The van der Waals surface area contributed by atoms with E-state index >= 15 is 0 Å². The lowest BCUT2D eigenvalue weighted by atomic mass is 10.2. The van der Waals surface area contributed by atoms with Crippen molar-refractivity contribution in [3.8, 4) is 5.75 Å². The molecule has 4 rings (SSSR count). The zero-order valence-electron chi connectivity index (χ0n) is 14.4. The van der Waals surface area contributed by atoms with Crippen LogP contribution in [0.3, 0.4) is 0 Å². The van der Waals surface area contributed by atoms with E-state index < -0.39 is 10.0 Å². The molecule has 2 aromatic rings. The van der Waals surface area contributed by atoms with Gasteiger partial charge in [-0.1, -0.05) is 37.8 Å². The number of hydrogen-bond acceptors (Lipinski definition) is 3. The zero-order valence-corrected chi connectivity index (χ0v) is 16.1. The molecule has 132 valence electrons. The Morgan fingerprint density at radius 1 is 1.08 bits per heavy atom. The Morgan fingerprint density at radius 3 is 2.32 bits per heavy atom. The molecule has 3 unspecified atom stereocenters. The van der Waals surface area contributed by atoms with Gasteiger partial charge in [-0.25, -0.2) is 8.42 Å². The van der Waals surface area contributed by atoms with Gasteiger partial charge in [-0.05, 0) is 54.7 Å². The summed E-state index contributed by atoms with van der Waals surface area (Å²) in [4.78, 5) is 0.416. The fourth-order valence-corrected chi connectivity index (χ4v) is 8.90. The van der Waals surface area contributed by atoms with E-state index in [9.17, 15) is 8.42 Å². The number of aryl methyl sites for hydroxylation is 1. The van der Waals surface area contributed by atoms with Crippen molar-refractivity contribution in [2.45, 2.75) is 29.9 Å². The Bertz CT molecular complexity index is 865. The van der Waals surface area contributed by atoms with Crippen molar-refractivity contribution in [2.75, 3.05) is 19.8 Å². The minimum atomic E-state index is -3.38. The third kappa shape index (κ3) is 2.99. The first-order valence-corrected chi connectivity index (χ1v) is 11.5. The zero-order chi connectivity index (χ0) is 17.6. The summed E-state index contributed by atoms with van der Waals surface area (Å²) < 4.78 is 32.9. The van der Waals surface area contributed by atoms with E-state index in [1.165, 1.54) is 5.30 Å². The molecule has 0 amide bonds. The van der Waals surface area contributed by atoms with Crippen LogP contribution in [0.15, 0.2) is 53.4 Å². The second kappa shape index (κ2) is 6.39. The highest BCUT2D eigenvalue weighted by Gasteiger charge is 2.49. The molecule has 0 radical (unpaired) electrons. The van der Waals surface area contributed by atoms with Crippen LogP contribution in [-0.2, 0) is 10.0 Å². The number of rotatable bonds is 4. The normalized spacial score (nSPS) is 26.1. The highest BCUT2D eigenvalue weighted by atomic mass is 32.2. The maximum absolute atomic E-state index is 13.0. The topological polar surface area (TPSA) is 46.6 Å². The van der Waals surface area contributed by atoms with Crippen LogP contribution < -0.4 is 10.0 Å². The molecule has 3 atom stereocenters. The standard InChI is InChI=1S/C19H22NO3PS/c1-14-3-9-19(10-4-14)25(21,22)20-12-18-11-15(20)13-24(18)17-7-5-16(23-2)6-8-17/h3-10,15,18H,11-13H2,1-2H3. The fourth-order valence-electron chi connectivity index (χ4n) is 3.86. The van der Waals surface area contributed by atoms with Gasteiger partial charge in [0.05, 0.1) is 12.0 Å². The molecule has 0 spiro atoms. The van der Waals surface area contributed by atoms with Gasteiger partial charge in [0.2, 0.25) is 10.0 Å². The minimum Gasteiger partial charge on any atom is -0.497 e. The molecule has 0 aliphatic carbocycles. The van der Waals surface area contributed by atoms with Gasteiger partial charge in [0.25, 0.3) is 0 Å². The van der Waals surface area contributed by atoms with Crippen LogP contribution in [0.2, 0.25) is 0 Å². The Labute approximate surface area is 150 Å². The van der Waals surface area contributed by atoms with E-state index in [2.05, 4.69) is 12.1 Å². The molecule has 2 aliphatic heterocycles. The van der Waals surface area contributed by atoms with E-state index in [0.717, 1.165) is 23.9 Å². The lowest BCUT2D eigenvalue weighted by Crippen LogP contribution is -2.40. The van der Waals surface area contributed by atoms with Gasteiger partial charge in [-0.15, -0.1) is 0 Å². The Kier molecular flexibility index (Phi) is 4.35. The molecule has 2 bridgehead atoms. The fraction of sp³-hybridized carbons (Fsp3) is 0.368. The van der Waals surface area contributed by atoms with Gasteiger partial charge in [0.15, 0.2) is 0 Å². The summed E-state index contributed by atoms with van der Waals surface area (Å²) >= 11 is 0. The molecule has 2 aromatic carbocycles. The molecule has 2 saturated heterocycles. The number of benzene rings is 2. The van der Waals surface area contributed by atoms with Crippen molar-refractivity contribution in [3.63, 3.8) is 0 Å². The number of fused-ring (bicyclic) bond motifs is 2. The first kappa shape index (κ1) is 17.0. The van der Waals surface area contributed by atoms with Crippen molar-refractivity contribution in [1.29, 1.82) is 0 Å². The molecule has 2 aliphatic rings. The molecule has 0 aromatic heterocycles. The van der Waals surface area contributed by atoms with Crippen LogP contribution in [-0.4, -0.2) is 44.2 Å². The molecule has 25 heavy (non-hydrogen) atoms. The molecule has 4 nitrogen and oxygen atoms in total. The lowest BCUT2D eigenvalue weighted by Gasteiger charge is -2.31. The summed E-state index contributed by atoms with van der Waals surface area (Å²) in [6, 6.07) is 15.6. The Hall–Kier alpha value is -1.42. The molecule has 6 heteroatoms. The number of nitrogens with zero attached hydrogens (tertiary/aromatic N) is 1. The average Bonchev–Trinajstić information content (AvgIpc) is 3.23. The van der Waals surface area contributed by atoms with Gasteiger partial charge >= 0.3 is 0 Å². The highest BCUT2D eigenvalue weighted by molar-refractivity contribution is 7.89. The van der Waals surface area contributed by atoms with Gasteiger partial charge in [-0.2, -0.15) is 4.31 Å². The highest BCUT2D eigenvalue weighted by Crippen LogP contribution is 2.55. The van der Waals surface area contributed by atoms with Gasteiger partial charge in [-0.3, -0.25) is 0 Å². The smallest absolute Gasteiger partial charge is 0.243 e. The van der Waals surface area contributed by atoms with E-state index in [4.69, 9.17) is 4.74 Å². The van der Waals surface area contributed by atoms with Crippen LogP contribution in [0.1, 0.15) is 12.0 Å². The molecule has 0 saturated carbocycles. The van der Waals surface area contributed by atoms with Crippen LogP contribution in [0.25, 0.3) is 0 Å². The van der Waals surface area contributed by atoms with Gasteiger partial charge in [0, 0.05) is 12.6 Å². The average molecular weight is 375 g/mol. The summed E-state index contributed by atoms with van der Waals surface area (Å²) in [7, 11) is -1.99. The van der Waals surface area contributed by atoms with Crippen molar-refractivity contribution >= 4 is 23.2 Å². The van der Waals surface area contributed by atoms with Crippen molar-refractivity contribution in [1.82, 2.24) is 4.31 Å². The van der Waals surface area contributed by atoms with E-state index in [1.807, 2.05) is 31.2 Å². The first-order valence-electron chi connectivity index (χ1n) is 8.48. The SMILES string of the molecule is COc1ccc(P2CC3CC2CN3S(=O)(=O)c2ccc(C)cc2)cc1. The number of methoxy groups -OCH3 is 1. The first-order chi connectivity index (χ1) is 12.0. The van der Waals surface area contributed by atoms with Crippen LogP contribution in [0.5, 0.6) is 5.75 Å². The van der Waals surface area contributed by atoms with E-state index in [0.29, 0.717) is 17.1 Å². The van der Waals surface area contributed by atoms with Crippen molar-refractivity contribution < 1.29 is 13.2 Å². The number of hydrogen-bond donors (Lipinski definition) is 0. The molecular formula is C19H22NO3PS. The third-order valence-electron chi connectivity index (χ3n) is 5.22. The van der Waals surface area contributed by atoms with Crippen LogP contribution >= 0.6 is 7.92 Å². The summed E-state index contributed by atoms with van der Waals surface area (Å²) in [5.41, 5.74) is 1.54. The largest absolute Gasteiger partial charge is 0.497 e. The summed E-state index contributed by atoms with van der Waals surface area (Å²) in [5.74, 6) is 0.867. The Morgan fingerprint density at radius 2 is 1.76 bits per heavy atom. The quantitative estimate of drug-likeness (QED) is 0.772. The maximum Gasteiger partial charge on any atom is 0.243 e. The van der Waals surface area contributed by atoms with Crippen LogP contribution in [0.4, 0.5) is 0 Å². The van der Waals surface area contributed by atoms with Gasteiger partial charge < -0.3 is 4.74 Å². The molecule has 2 heterocycles. The predicted molar refractivity (Wildman–Crippen MR) is 102 cm³/mol. The third-order valence-corrected chi connectivity index (χ3v) is 10.2. The number of ether oxygens (including phenoxy) is 1. The van der Waals surface area contributed by atoms with E-state index in [-0.39, 0.29) is 14.0 Å². The minimum absolute atomic E-state index is 0.143. The monoisotopic (exact) mass is 375 g/mol. The van der Waals surface area contributed by atoms with E-state index in [1.54, 1.807) is 23.5 Å². The van der Waals surface area contributed by atoms with Crippen molar-refractivity contribution in [2.24, 2.45) is 0 Å². The van der Waals surface area contributed by atoms with Gasteiger partial charge in [0.1, 0.15) is 5.75 Å². The summed E-state index contributed by atoms with van der Waals surface area (Å²) in [5, 5.41) is 1.36. The predicted octanol–water partition coefficient (Wildman–Crippen LogP) is 2.96.